The maximum atomic E-state index is 3.52. The van der Waals surface area contributed by atoms with Crippen LogP contribution in [0.5, 0.6) is 0 Å². The van der Waals surface area contributed by atoms with Gasteiger partial charge in [0.15, 0.2) is 0 Å². The molecule has 3 heteroatoms. The van der Waals surface area contributed by atoms with Gasteiger partial charge in [-0.05, 0) is 67.0 Å². The Kier molecular flexibility index (Phi) is 3.06. The highest BCUT2D eigenvalue weighted by molar-refractivity contribution is 9.11. The lowest BCUT2D eigenvalue weighted by Gasteiger charge is -2.28. The minimum atomic E-state index is 0.812. The minimum Gasteiger partial charge on any atom is -0.306 e. The Labute approximate surface area is 91.9 Å². The molecule has 13 heavy (non-hydrogen) atoms. The molecular weight excluding hydrogens is 246 g/mol. The van der Waals surface area contributed by atoms with Gasteiger partial charge in [-0.15, -0.1) is 11.3 Å². The summed E-state index contributed by atoms with van der Waals surface area (Å²) in [5.74, 6) is 0.812. The van der Waals surface area contributed by atoms with E-state index in [4.69, 9.17) is 0 Å². The van der Waals surface area contributed by atoms with Gasteiger partial charge in [0.1, 0.15) is 0 Å². The van der Waals surface area contributed by atoms with Crippen molar-refractivity contribution in [1.29, 1.82) is 0 Å². The van der Waals surface area contributed by atoms with E-state index in [1.807, 2.05) is 11.3 Å². The van der Waals surface area contributed by atoms with Crippen molar-refractivity contribution in [2.45, 2.75) is 18.8 Å². The van der Waals surface area contributed by atoms with E-state index in [1.165, 1.54) is 29.7 Å². The van der Waals surface area contributed by atoms with E-state index in [2.05, 4.69) is 40.0 Å². The van der Waals surface area contributed by atoms with E-state index in [0.717, 1.165) is 5.92 Å². The molecule has 0 amide bonds. The van der Waals surface area contributed by atoms with Gasteiger partial charge in [0.25, 0.3) is 0 Å². The van der Waals surface area contributed by atoms with Crippen LogP contribution in [0.15, 0.2) is 15.9 Å². The summed E-state index contributed by atoms with van der Waals surface area (Å²) >= 11 is 5.41. The van der Waals surface area contributed by atoms with E-state index in [1.54, 1.807) is 4.88 Å². The van der Waals surface area contributed by atoms with Gasteiger partial charge in [0, 0.05) is 4.88 Å². The van der Waals surface area contributed by atoms with Crippen molar-refractivity contribution in [1.82, 2.24) is 4.90 Å². The third kappa shape index (κ3) is 2.33. The van der Waals surface area contributed by atoms with Crippen molar-refractivity contribution in [3.8, 4) is 0 Å². The van der Waals surface area contributed by atoms with Crippen LogP contribution in [0, 0.1) is 0 Å². The number of nitrogens with zero attached hydrogens (tertiary/aromatic N) is 1. The lowest BCUT2D eigenvalue weighted by Crippen LogP contribution is -2.28. The van der Waals surface area contributed by atoms with Crippen LogP contribution >= 0.6 is 27.3 Å². The Morgan fingerprint density at radius 3 is 2.62 bits per heavy atom. The fourth-order valence-electron chi connectivity index (χ4n) is 1.84. The zero-order valence-corrected chi connectivity index (χ0v) is 10.2. The SMILES string of the molecule is CN1CCC(c2ccc(Br)s2)CC1. The van der Waals surface area contributed by atoms with Gasteiger partial charge >= 0.3 is 0 Å². The zero-order valence-electron chi connectivity index (χ0n) is 7.79. The number of piperidine rings is 1. The average molecular weight is 260 g/mol. The zero-order chi connectivity index (χ0) is 9.26. The molecule has 0 aromatic carbocycles. The molecule has 1 nitrogen and oxygen atoms in total. The molecule has 1 aromatic heterocycles. The molecule has 1 saturated heterocycles. The Hall–Kier alpha value is 0.140. The fraction of sp³-hybridized carbons (Fsp3) is 0.600. The lowest BCUT2D eigenvalue weighted by molar-refractivity contribution is 0.257. The second kappa shape index (κ2) is 4.11. The molecule has 0 bridgehead atoms. The molecule has 0 unspecified atom stereocenters. The second-order valence-corrected chi connectivity index (χ2v) is 6.21. The topological polar surface area (TPSA) is 3.24 Å². The number of hydrogen-bond donors (Lipinski definition) is 0. The summed E-state index contributed by atoms with van der Waals surface area (Å²) in [5.41, 5.74) is 0. The van der Waals surface area contributed by atoms with Crippen LogP contribution in [0.1, 0.15) is 23.6 Å². The van der Waals surface area contributed by atoms with Gasteiger partial charge in [-0.2, -0.15) is 0 Å². The first-order valence-corrected chi connectivity index (χ1v) is 6.30. The van der Waals surface area contributed by atoms with Crippen LogP contribution < -0.4 is 0 Å². The van der Waals surface area contributed by atoms with E-state index in [-0.39, 0.29) is 0 Å². The van der Waals surface area contributed by atoms with Crippen molar-refractivity contribution >= 4 is 27.3 Å². The first-order valence-electron chi connectivity index (χ1n) is 4.69. The van der Waals surface area contributed by atoms with Gasteiger partial charge in [0.05, 0.1) is 3.79 Å². The van der Waals surface area contributed by atoms with Crippen molar-refractivity contribution < 1.29 is 0 Å². The molecule has 0 aliphatic carbocycles. The van der Waals surface area contributed by atoms with Crippen LogP contribution in [0.3, 0.4) is 0 Å². The summed E-state index contributed by atoms with van der Waals surface area (Å²) in [5, 5.41) is 0. The van der Waals surface area contributed by atoms with Crippen LogP contribution in [-0.4, -0.2) is 25.0 Å². The van der Waals surface area contributed by atoms with E-state index < -0.39 is 0 Å². The Balaban J connectivity index is 2.02. The molecule has 0 N–H and O–H groups in total. The average Bonchev–Trinajstić information content (AvgIpc) is 2.53. The summed E-state index contributed by atoms with van der Waals surface area (Å²) in [6.45, 7) is 2.50. The summed E-state index contributed by atoms with van der Waals surface area (Å²) in [6.07, 6.45) is 2.65. The Bertz CT molecular complexity index is 276. The number of rotatable bonds is 1. The number of thiophene rings is 1. The monoisotopic (exact) mass is 259 g/mol. The molecule has 0 radical (unpaired) electrons. The summed E-state index contributed by atoms with van der Waals surface area (Å²) in [7, 11) is 2.21. The van der Waals surface area contributed by atoms with Gasteiger partial charge < -0.3 is 4.90 Å². The highest BCUT2D eigenvalue weighted by Gasteiger charge is 2.19. The summed E-state index contributed by atoms with van der Waals surface area (Å²) < 4.78 is 1.27. The predicted molar refractivity (Wildman–Crippen MR) is 61.5 cm³/mol. The third-order valence-corrected chi connectivity index (χ3v) is 4.50. The fourth-order valence-corrected chi connectivity index (χ4v) is 3.43. The standard InChI is InChI=1S/C10H14BrNS/c1-12-6-4-8(5-7-12)9-2-3-10(11)13-9/h2-3,8H,4-7H2,1H3. The molecule has 1 aromatic rings. The Morgan fingerprint density at radius 2 is 2.08 bits per heavy atom. The molecule has 1 fully saturated rings. The molecule has 0 spiro atoms. The van der Waals surface area contributed by atoms with Crippen molar-refractivity contribution in [3.63, 3.8) is 0 Å². The van der Waals surface area contributed by atoms with Gasteiger partial charge in [-0.3, -0.25) is 0 Å². The maximum Gasteiger partial charge on any atom is 0.0701 e. The number of hydrogen-bond acceptors (Lipinski definition) is 2. The number of halogens is 1. The van der Waals surface area contributed by atoms with E-state index >= 15 is 0 Å². The smallest absolute Gasteiger partial charge is 0.0701 e. The van der Waals surface area contributed by atoms with Gasteiger partial charge in [-0.1, -0.05) is 0 Å². The van der Waals surface area contributed by atoms with Crippen LogP contribution in [-0.2, 0) is 0 Å². The number of likely N-dealkylation sites (tertiary alicyclic amines) is 1. The molecule has 0 saturated carbocycles. The van der Waals surface area contributed by atoms with Crippen molar-refractivity contribution in [3.05, 3.63) is 20.8 Å². The first kappa shape index (κ1) is 9.69. The molecule has 72 valence electrons. The minimum absolute atomic E-state index is 0.812. The van der Waals surface area contributed by atoms with Crippen LogP contribution in [0.25, 0.3) is 0 Å². The van der Waals surface area contributed by atoms with Gasteiger partial charge in [-0.25, -0.2) is 0 Å². The Morgan fingerprint density at radius 1 is 1.38 bits per heavy atom. The molecular formula is C10H14BrNS. The summed E-state index contributed by atoms with van der Waals surface area (Å²) in [6, 6.07) is 4.43. The highest BCUT2D eigenvalue weighted by Crippen LogP contribution is 2.34. The highest BCUT2D eigenvalue weighted by atomic mass is 79.9. The molecule has 1 aliphatic heterocycles. The third-order valence-electron chi connectivity index (χ3n) is 2.71. The molecule has 2 heterocycles. The van der Waals surface area contributed by atoms with Crippen molar-refractivity contribution in [2.24, 2.45) is 0 Å². The van der Waals surface area contributed by atoms with E-state index in [0.29, 0.717) is 0 Å². The lowest BCUT2D eigenvalue weighted by atomic mass is 9.96. The van der Waals surface area contributed by atoms with Crippen molar-refractivity contribution in [2.75, 3.05) is 20.1 Å². The quantitative estimate of drug-likeness (QED) is 0.748. The normalized spacial score (nSPS) is 20.8. The summed E-state index contributed by atoms with van der Waals surface area (Å²) in [4.78, 5) is 3.97. The first-order chi connectivity index (χ1) is 6.25. The maximum absolute atomic E-state index is 3.52. The second-order valence-electron chi connectivity index (χ2n) is 3.72. The molecule has 0 atom stereocenters. The molecule has 1 aliphatic rings. The van der Waals surface area contributed by atoms with Crippen LogP contribution in [0.2, 0.25) is 0 Å². The largest absolute Gasteiger partial charge is 0.306 e. The van der Waals surface area contributed by atoms with Crippen LogP contribution in [0.4, 0.5) is 0 Å². The van der Waals surface area contributed by atoms with Gasteiger partial charge in [0.2, 0.25) is 0 Å². The predicted octanol–water partition coefficient (Wildman–Crippen LogP) is 3.32. The van der Waals surface area contributed by atoms with E-state index in [9.17, 15) is 0 Å². The molecule has 2 rings (SSSR count).